The van der Waals surface area contributed by atoms with Gasteiger partial charge in [0.25, 0.3) is 5.91 Å². The molecule has 0 aliphatic heterocycles. The SMILES string of the molecule is CCC(CCBr)CNC(=O)c1cccc(C)n1. The molecule has 3 nitrogen and oxygen atoms in total. The molecule has 1 aromatic rings. The van der Waals surface area contributed by atoms with E-state index in [1.807, 2.05) is 19.1 Å². The van der Waals surface area contributed by atoms with E-state index < -0.39 is 0 Å². The van der Waals surface area contributed by atoms with Crippen molar-refractivity contribution < 1.29 is 4.79 Å². The predicted octanol–water partition coefficient (Wildman–Crippen LogP) is 2.93. The summed E-state index contributed by atoms with van der Waals surface area (Å²) in [5, 5.41) is 3.92. The zero-order chi connectivity index (χ0) is 12.7. The molecule has 0 saturated carbocycles. The zero-order valence-electron chi connectivity index (χ0n) is 10.4. The number of alkyl halides is 1. The van der Waals surface area contributed by atoms with Crippen LogP contribution in [0, 0.1) is 12.8 Å². The number of hydrogen-bond donors (Lipinski definition) is 1. The molecule has 1 rings (SSSR count). The smallest absolute Gasteiger partial charge is 0.269 e. The fourth-order valence-electron chi connectivity index (χ4n) is 1.60. The van der Waals surface area contributed by atoms with Gasteiger partial charge < -0.3 is 5.32 Å². The normalized spacial score (nSPS) is 12.2. The monoisotopic (exact) mass is 298 g/mol. The van der Waals surface area contributed by atoms with Gasteiger partial charge in [-0.2, -0.15) is 0 Å². The Morgan fingerprint density at radius 1 is 1.53 bits per heavy atom. The van der Waals surface area contributed by atoms with Crippen LogP contribution in [0.25, 0.3) is 0 Å². The second-order valence-electron chi connectivity index (χ2n) is 4.13. The van der Waals surface area contributed by atoms with Crippen LogP contribution < -0.4 is 5.32 Å². The number of nitrogens with zero attached hydrogens (tertiary/aromatic N) is 1. The number of pyridine rings is 1. The summed E-state index contributed by atoms with van der Waals surface area (Å²) in [4.78, 5) is 16.0. The number of halogens is 1. The molecule has 0 bridgehead atoms. The van der Waals surface area contributed by atoms with Crippen LogP contribution in [0.1, 0.15) is 35.9 Å². The first-order chi connectivity index (χ1) is 8.17. The molecule has 17 heavy (non-hydrogen) atoms. The lowest BCUT2D eigenvalue weighted by molar-refractivity contribution is 0.0941. The molecule has 94 valence electrons. The Hall–Kier alpha value is -0.900. The van der Waals surface area contributed by atoms with Crippen LogP contribution in [-0.2, 0) is 0 Å². The lowest BCUT2D eigenvalue weighted by atomic mass is 10.0. The maximum atomic E-state index is 11.8. The molecule has 1 unspecified atom stereocenters. The lowest BCUT2D eigenvalue weighted by Gasteiger charge is -2.14. The number of nitrogens with one attached hydrogen (secondary N) is 1. The minimum absolute atomic E-state index is 0.0817. The number of rotatable bonds is 6. The molecular weight excluding hydrogens is 280 g/mol. The highest BCUT2D eigenvalue weighted by Crippen LogP contribution is 2.08. The van der Waals surface area contributed by atoms with Gasteiger partial charge in [0.05, 0.1) is 0 Å². The number of carbonyl (C=O) groups is 1. The fourth-order valence-corrected chi connectivity index (χ4v) is 2.25. The summed E-state index contributed by atoms with van der Waals surface area (Å²) in [6.07, 6.45) is 2.16. The van der Waals surface area contributed by atoms with Gasteiger partial charge >= 0.3 is 0 Å². The highest BCUT2D eigenvalue weighted by atomic mass is 79.9. The van der Waals surface area contributed by atoms with E-state index in [1.54, 1.807) is 6.07 Å². The fraction of sp³-hybridized carbons (Fsp3) is 0.538. The van der Waals surface area contributed by atoms with Gasteiger partial charge in [-0.05, 0) is 31.4 Å². The Balaban J connectivity index is 2.49. The molecule has 0 saturated heterocycles. The van der Waals surface area contributed by atoms with E-state index in [1.165, 1.54) is 0 Å². The van der Waals surface area contributed by atoms with E-state index in [4.69, 9.17) is 0 Å². The first-order valence-corrected chi connectivity index (χ1v) is 7.07. The van der Waals surface area contributed by atoms with Crippen molar-refractivity contribution in [3.8, 4) is 0 Å². The maximum absolute atomic E-state index is 11.8. The molecule has 0 aliphatic rings. The lowest BCUT2D eigenvalue weighted by Crippen LogP contribution is -2.30. The number of carbonyl (C=O) groups excluding carboxylic acids is 1. The number of hydrogen-bond acceptors (Lipinski definition) is 2. The molecule has 0 spiro atoms. The first-order valence-electron chi connectivity index (χ1n) is 5.95. The van der Waals surface area contributed by atoms with E-state index in [2.05, 4.69) is 33.2 Å². The third kappa shape index (κ3) is 4.86. The van der Waals surface area contributed by atoms with Crippen molar-refractivity contribution >= 4 is 21.8 Å². The predicted molar refractivity (Wildman–Crippen MR) is 73.5 cm³/mol. The van der Waals surface area contributed by atoms with Gasteiger partial charge in [-0.3, -0.25) is 4.79 Å². The van der Waals surface area contributed by atoms with Crippen molar-refractivity contribution in [2.45, 2.75) is 26.7 Å². The van der Waals surface area contributed by atoms with Gasteiger partial charge in [0.15, 0.2) is 0 Å². The number of amides is 1. The molecule has 0 aromatic carbocycles. The number of aryl methyl sites for hydroxylation is 1. The van der Waals surface area contributed by atoms with Crippen LogP contribution in [0.5, 0.6) is 0 Å². The molecule has 1 heterocycles. The Kier molecular flexibility index (Phi) is 6.19. The Morgan fingerprint density at radius 2 is 2.29 bits per heavy atom. The Labute approximate surface area is 111 Å². The molecule has 1 amide bonds. The summed E-state index contributed by atoms with van der Waals surface area (Å²) >= 11 is 3.43. The molecule has 1 N–H and O–H groups in total. The van der Waals surface area contributed by atoms with E-state index in [-0.39, 0.29) is 5.91 Å². The van der Waals surface area contributed by atoms with Gasteiger partial charge in [0, 0.05) is 17.6 Å². The highest BCUT2D eigenvalue weighted by molar-refractivity contribution is 9.09. The van der Waals surface area contributed by atoms with E-state index in [0.717, 1.165) is 30.4 Å². The van der Waals surface area contributed by atoms with Gasteiger partial charge in [0.2, 0.25) is 0 Å². The number of aromatic nitrogens is 1. The van der Waals surface area contributed by atoms with Gasteiger partial charge in [-0.15, -0.1) is 0 Å². The molecule has 1 atom stereocenters. The Morgan fingerprint density at radius 3 is 2.88 bits per heavy atom. The molecule has 1 aromatic heterocycles. The topological polar surface area (TPSA) is 42.0 Å². The summed E-state index contributed by atoms with van der Waals surface area (Å²) < 4.78 is 0. The first kappa shape index (κ1) is 14.2. The van der Waals surface area contributed by atoms with E-state index in [0.29, 0.717) is 11.6 Å². The summed E-state index contributed by atoms with van der Waals surface area (Å²) in [5.41, 5.74) is 1.36. The quantitative estimate of drug-likeness (QED) is 0.821. The third-order valence-electron chi connectivity index (χ3n) is 2.77. The van der Waals surface area contributed by atoms with Crippen molar-refractivity contribution in [3.63, 3.8) is 0 Å². The molecular formula is C13H19BrN2O. The minimum atomic E-state index is -0.0817. The largest absolute Gasteiger partial charge is 0.350 e. The van der Waals surface area contributed by atoms with Gasteiger partial charge in [-0.1, -0.05) is 35.3 Å². The van der Waals surface area contributed by atoms with Crippen LogP contribution in [0.3, 0.4) is 0 Å². The van der Waals surface area contributed by atoms with Crippen LogP contribution in [0.15, 0.2) is 18.2 Å². The minimum Gasteiger partial charge on any atom is -0.350 e. The van der Waals surface area contributed by atoms with Crippen LogP contribution >= 0.6 is 15.9 Å². The van der Waals surface area contributed by atoms with Crippen molar-refractivity contribution in [2.24, 2.45) is 5.92 Å². The second kappa shape index (κ2) is 7.43. The van der Waals surface area contributed by atoms with Crippen LogP contribution in [-0.4, -0.2) is 22.8 Å². The second-order valence-corrected chi connectivity index (χ2v) is 4.92. The molecule has 4 heteroatoms. The zero-order valence-corrected chi connectivity index (χ0v) is 12.0. The van der Waals surface area contributed by atoms with Crippen LogP contribution in [0.2, 0.25) is 0 Å². The summed E-state index contributed by atoms with van der Waals surface area (Å²) in [6.45, 7) is 4.75. The van der Waals surface area contributed by atoms with E-state index >= 15 is 0 Å². The molecule has 0 aliphatic carbocycles. The Bertz CT molecular complexity index is 368. The summed E-state index contributed by atoms with van der Waals surface area (Å²) in [7, 11) is 0. The van der Waals surface area contributed by atoms with Gasteiger partial charge in [-0.25, -0.2) is 4.98 Å². The third-order valence-corrected chi connectivity index (χ3v) is 3.22. The van der Waals surface area contributed by atoms with Crippen molar-refractivity contribution in [1.82, 2.24) is 10.3 Å². The average molecular weight is 299 g/mol. The highest BCUT2D eigenvalue weighted by Gasteiger charge is 2.10. The molecule has 0 fully saturated rings. The van der Waals surface area contributed by atoms with Crippen molar-refractivity contribution in [3.05, 3.63) is 29.6 Å². The van der Waals surface area contributed by atoms with Crippen molar-refractivity contribution in [2.75, 3.05) is 11.9 Å². The van der Waals surface area contributed by atoms with Crippen molar-refractivity contribution in [1.29, 1.82) is 0 Å². The van der Waals surface area contributed by atoms with E-state index in [9.17, 15) is 4.79 Å². The van der Waals surface area contributed by atoms with Crippen LogP contribution in [0.4, 0.5) is 0 Å². The van der Waals surface area contributed by atoms with Gasteiger partial charge in [0.1, 0.15) is 5.69 Å². The maximum Gasteiger partial charge on any atom is 0.269 e. The summed E-state index contributed by atoms with van der Waals surface area (Å²) in [5.74, 6) is 0.449. The summed E-state index contributed by atoms with van der Waals surface area (Å²) in [6, 6.07) is 5.48. The molecule has 0 radical (unpaired) electrons. The average Bonchev–Trinajstić information content (AvgIpc) is 2.34. The standard InChI is InChI=1S/C13H19BrN2O/c1-3-11(7-8-14)9-15-13(17)12-6-4-5-10(2)16-12/h4-6,11H,3,7-9H2,1-2H3,(H,15,17).